The first-order valence-corrected chi connectivity index (χ1v) is 7.39. The molecule has 1 aromatic carbocycles. The minimum atomic E-state index is 0.0326. The van der Waals surface area contributed by atoms with Crippen LogP contribution < -0.4 is 5.73 Å². The molecule has 1 unspecified atom stereocenters. The fourth-order valence-corrected chi connectivity index (χ4v) is 2.93. The van der Waals surface area contributed by atoms with Crippen LogP contribution in [0.1, 0.15) is 18.4 Å². The summed E-state index contributed by atoms with van der Waals surface area (Å²) in [5.74, 6) is 0.596. The van der Waals surface area contributed by atoms with Crippen LogP contribution >= 0.6 is 0 Å². The number of hydrogen-bond acceptors (Lipinski definition) is 3. The van der Waals surface area contributed by atoms with E-state index in [1.54, 1.807) is 4.90 Å². The van der Waals surface area contributed by atoms with Crippen molar-refractivity contribution < 1.29 is 4.79 Å². The van der Waals surface area contributed by atoms with Crippen LogP contribution in [0.15, 0.2) is 30.3 Å². The summed E-state index contributed by atoms with van der Waals surface area (Å²) in [6, 6.07) is 10.6. The standard InChI is InChI=1S/C16H25N3O/c1-18(16(20)10-17)11-15-8-5-9-19(13-15)12-14-6-3-2-4-7-14/h2-4,6-7,15H,5,8-13,17H2,1H3. The first-order valence-electron chi connectivity index (χ1n) is 7.39. The maximum absolute atomic E-state index is 11.5. The summed E-state index contributed by atoms with van der Waals surface area (Å²) in [7, 11) is 1.85. The van der Waals surface area contributed by atoms with Gasteiger partial charge in [0.1, 0.15) is 0 Å². The third-order valence-electron chi connectivity index (χ3n) is 3.98. The number of benzene rings is 1. The number of nitrogens with two attached hydrogens (primary N) is 1. The third kappa shape index (κ3) is 4.32. The van der Waals surface area contributed by atoms with E-state index in [4.69, 9.17) is 5.73 Å². The van der Waals surface area contributed by atoms with Crippen molar-refractivity contribution in [3.05, 3.63) is 35.9 Å². The molecule has 2 N–H and O–H groups in total. The Morgan fingerprint density at radius 1 is 1.40 bits per heavy atom. The Bertz CT molecular complexity index is 421. The SMILES string of the molecule is CN(CC1CCCN(Cc2ccccc2)C1)C(=O)CN. The summed E-state index contributed by atoms with van der Waals surface area (Å²) < 4.78 is 0. The second kappa shape index (κ2) is 7.41. The number of rotatable bonds is 5. The number of nitrogens with zero attached hydrogens (tertiary/aromatic N) is 2. The second-order valence-corrected chi connectivity index (χ2v) is 5.71. The van der Waals surface area contributed by atoms with Crippen molar-refractivity contribution in [2.45, 2.75) is 19.4 Å². The number of amides is 1. The van der Waals surface area contributed by atoms with E-state index < -0.39 is 0 Å². The molecule has 4 nitrogen and oxygen atoms in total. The Balaban J connectivity index is 1.84. The minimum absolute atomic E-state index is 0.0326. The van der Waals surface area contributed by atoms with Gasteiger partial charge in [-0.1, -0.05) is 30.3 Å². The molecule has 4 heteroatoms. The van der Waals surface area contributed by atoms with E-state index in [0.29, 0.717) is 5.92 Å². The Hall–Kier alpha value is -1.39. The van der Waals surface area contributed by atoms with Gasteiger partial charge >= 0.3 is 0 Å². The Morgan fingerprint density at radius 2 is 2.15 bits per heavy atom. The molecule has 0 spiro atoms. The molecule has 0 radical (unpaired) electrons. The third-order valence-corrected chi connectivity index (χ3v) is 3.98. The number of carbonyl (C=O) groups excluding carboxylic acids is 1. The summed E-state index contributed by atoms with van der Waals surface area (Å²) in [5.41, 5.74) is 6.77. The summed E-state index contributed by atoms with van der Waals surface area (Å²) >= 11 is 0. The van der Waals surface area contributed by atoms with Crippen LogP contribution in [0.5, 0.6) is 0 Å². The average Bonchev–Trinajstić information content (AvgIpc) is 2.47. The molecular weight excluding hydrogens is 250 g/mol. The Kier molecular flexibility index (Phi) is 5.56. The van der Waals surface area contributed by atoms with Crippen molar-refractivity contribution in [2.24, 2.45) is 11.7 Å². The molecule has 0 saturated carbocycles. The number of piperidine rings is 1. The van der Waals surface area contributed by atoms with Crippen LogP contribution in [0.25, 0.3) is 0 Å². The molecule has 1 aromatic rings. The van der Waals surface area contributed by atoms with E-state index in [0.717, 1.165) is 26.2 Å². The zero-order valence-corrected chi connectivity index (χ0v) is 12.3. The molecule has 1 saturated heterocycles. The van der Waals surface area contributed by atoms with Gasteiger partial charge in [0.15, 0.2) is 0 Å². The second-order valence-electron chi connectivity index (χ2n) is 5.71. The number of likely N-dealkylation sites (tertiary alicyclic amines) is 1. The summed E-state index contributed by atoms with van der Waals surface area (Å²) in [6.45, 7) is 4.15. The van der Waals surface area contributed by atoms with Crippen LogP contribution in [0.3, 0.4) is 0 Å². The van der Waals surface area contributed by atoms with E-state index in [1.807, 2.05) is 7.05 Å². The zero-order chi connectivity index (χ0) is 14.4. The largest absolute Gasteiger partial charge is 0.344 e. The molecule has 1 heterocycles. The highest BCUT2D eigenvalue weighted by Crippen LogP contribution is 2.19. The number of carbonyl (C=O) groups is 1. The molecule has 0 aliphatic carbocycles. The van der Waals surface area contributed by atoms with Crippen molar-refractivity contribution in [3.63, 3.8) is 0 Å². The molecule has 1 aliphatic rings. The monoisotopic (exact) mass is 275 g/mol. The first kappa shape index (κ1) is 15.0. The van der Waals surface area contributed by atoms with E-state index >= 15 is 0 Å². The molecule has 20 heavy (non-hydrogen) atoms. The molecular formula is C16H25N3O. The van der Waals surface area contributed by atoms with Gasteiger partial charge in [-0.15, -0.1) is 0 Å². The van der Waals surface area contributed by atoms with Gasteiger partial charge < -0.3 is 10.6 Å². The van der Waals surface area contributed by atoms with Crippen molar-refractivity contribution in [2.75, 3.05) is 33.2 Å². The summed E-state index contributed by atoms with van der Waals surface area (Å²) in [6.07, 6.45) is 2.41. The predicted molar refractivity (Wildman–Crippen MR) is 81.1 cm³/mol. The number of hydrogen-bond donors (Lipinski definition) is 1. The van der Waals surface area contributed by atoms with E-state index in [-0.39, 0.29) is 12.5 Å². The molecule has 1 aliphatic heterocycles. The molecule has 1 amide bonds. The maximum Gasteiger partial charge on any atom is 0.236 e. The lowest BCUT2D eigenvalue weighted by Gasteiger charge is -2.34. The van der Waals surface area contributed by atoms with Crippen LogP contribution in [-0.2, 0) is 11.3 Å². The van der Waals surface area contributed by atoms with Gasteiger partial charge in [-0.25, -0.2) is 0 Å². The maximum atomic E-state index is 11.5. The van der Waals surface area contributed by atoms with E-state index in [9.17, 15) is 4.79 Å². The fourth-order valence-electron chi connectivity index (χ4n) is 2.93. The van der Waals surface area contributed by atoms with Crippen LogP contribution in [0, 0.1) is 5.92 Å². The van der Waals surface area contributed by atoms with Gasteiger partial charge in [0.05, 0.1) is 6.54 Å². The number of likely N-dealkylation sites (N-methyl/N-ethyl adjacent to an activating group) is 1. The summed E-state index contributed by atoms with van der Waals surface area (Å²) in [5, 5.41) is 0. The normalized spacial score (nSPS) is 19.8. The van der Waals surface area contributed by atoms with Crippen LogP contribution in [-0.4, -0.2) is 48.9 Å². The van der Waals surface area contributed by atoms with Crippen molar-refractivity contribution >= 4 is 5.91 Å². The molecule has 0 aromatic heterocycles. The van der Waals surface area contributed by atoms with Gasteiger partial charge in [0.25, 0.3) is 0 Å². The molecule has 2 rings (SSSR count). The van der Waals surface area contributed by atoms with Gasteiger partial charge in [-0.05, 0) is 30.9 Å². The van der Waals surface area contributed by atoms with E-state index in [2.05, 4.69) is 35.2 Å². The highest BCUT2D eigenvalue weighted by molar-refractivity contribution is 5.77. The van der Waals surface area contributed by atoms with E-state index in [1.165, 1.54) is 18.4 Å². The molecule has 110 valence electrons. The van der Waals surface area contributed by atoms with Crippen LogP contribution in [0.2, 0.25) is 0 Å². The van der Waals surface area contributed by atoms with Gasteiger partial charge in [0, 0.05) is 26.7 Å². The molecule has 1 fully saturated rings. The molecule has 1 atom stereocenters. The van der Waals surface area contributed by atoms with Gasteiger partial charge in [-0.3, -0.25) is 9.69 Å². The van der Waals surface area contributed by atoms with Gasteiger partial charge in [0.2, 0.25) is 5.91 Å². The van der Waals surface area contributed by atoms with Gasteiger partial charge in [-0.2, -0.15) is 0 Å². The van der Waals surface area contributed by atoms with Crippen molar-refractivity contribution in [1.29, 1.82) is 0 Å². The first-order chi connectivity index (χ1) is 9.69. The lowest BCUT2D eigenvalue weighted by atomic mass is 9.97. The topological polar surface area (TPSA) is 49.6 Å². The highest BCUT2D eigenvalue weighted by atomic mass is 16.2. The lowest BCUT2D eigenvalue weighted by Crippen LogP contribution is -2.42. The highest BCUT2D eigenvalue weighted by Gasteiger charge is 2.22. The smallest absolute Gasteiger partial charge is 0.236 e. The fraction of sp³-hybridized carbons (Fsp3) is 0.562. The Morgan fingerprint density at radius 3 is 2.85 bits per heavy atom. The summed E-state index contributed by atoms with van der Waals surface area (Å²) in [4.78, 5) is 15.8. The lowest BCUT2D eigenvalue weighted by molar-refractivity contribution is -0.129. The van der Waals surface area contributed by atoms with Crippen LogP contribution in [0.4, 0.5) is 0 Å². The van der Waals surface area contributed by atoms with Crippen molar-refractivity contribution in [3.8, 4) is 0 Å². The zero-order valence-electron chi connectivity index (χ0n) is 12.3. The predicted octanol–water partition coefficient (Wildman–Crippen LogP) is 1.32. The Labute approximate surface area is 121 Å². The minimum Gasteiger partial charge on any atom is -0.344 e. The average molecular weight is 275 g/mol. The quantitative estimate of drug-likeness (QED) is 0.881. The molecule has 0 bridgehead atoms. The van der Waals surface area contributed by atoms with Crippen molar-refractivity contribution in [1.82, 2.24) is 9.80 Å².